The van der Waals surface area contributed by atoms with Gasteiger partial charge in [0.15, 0.2) is 0 Å². The van der Waals surface area contributed by atoms with Crippen molar-refractivity contribution in [1.29, 1.82) is 0 Å². The van der Waals surface area contributed by atoms with E-state index in [1.165, 1.54) is 0 Å². The highest BCUT2D eigenvalue weighted by molar-refractivity contribution is 5.93. The number of fused-ring (bicyclic) bond motifs is 2. The summed E-state index contributed by atoms with van der Waals surface area (Å²) in [5.74, 6) is -0.0261. The van der Waals surface area contributed by atoms with Crippen LogP contribution in [0.3, 0.4) is 0 Å². The summed E-state index contributed by atoms with van der Waals surface area (Å²) in [6.07, 6.45) is 3.93. The molecule has 5 rings (SSSR count). The average Bonchev–Trinajstić information content (AvgIpc) is 2.81. The Morgan fingerprint density at radius 3 is 2.00 bits per heavy atom. The number of nitrogens with zero attached hydrogens (tertiary/aromatic N) is 1. The third-order valence-electron chi connectivity index (χ3n) is 5.55. The summed E-state index contributed by atoms with van der Waals surface area (Å²) < 4.78 is 1.75. The van der Waals surface area contributed by atoms with Crippen molar-refractivity contribution in [3.8, 4) is 33.5 Å². The molecule has 2 aliphatic rings. The normalized spacial score (nSPS) is 10.9. The molecule has 1 N–H and O–H groups in total. The van der Waals surface area contributed by atoms with E-state index >= 15 is 0 Å². The number of H-pyrrole nitrogens is 1. The Hall–Kier alpha value is -4.11. The Morgan fingerprint density at radius 2 is 1.32 bits per heavy atom. The number of pyridine rings is 1. The van der Waals surface area contributed by atoms with Gasteiger partial charge in [0, 0.05) is 30.6 Å². The van der Waals surface area contributed by atoms with Crippen LogP contribution in [0, 0.1) is 0 Å². The molecule has 0 aromatic heterocycles. The van der Waals surface area contributed by atoms with E-state index in [2.05, 4.69) is 65.6 Å². The molecule has 3 aromatic rings. The molecule has 0 atom stereocenters. The number of carbonyl (C=O) groups is 1. The Labute approximate surface area is 181 Å². The number of aromatic nitrogens is 2. The maximum absolute atomic E-state index is 12.7. The predicted octanol–water partition coefficient (Wildman–Crippen LogP) is 7.19. The highest BCUT2D eigenvalue weighted by atomic mass is 16.1. The van der Waals surface area contributed by atoms with Crippen molar-refractivity contribution >= 4 is 16.8 Å². The molecule has 0 amide bonds. The fraction of sp³-hybridized carbons (Fsp3) is 0.0357. The number of aromatic amines is 1. The molecule has 31 heavy (non-hydrogen) atoms. The van der Waals surface area contributed by atoms with Crippen molar-refractivity contribution in [2.24, 2.45) is 0 Å². The number of benzene rings is 3. The Balaban J connectivity index is 1.78. The molecule has 0 bridgehead atoms. The predicted molar refractivity (Wildman–Crippen MR) is 128 cm³/mol. The number of hydrogen-bond acceptors (Lipinski definition) is 1. The number of hydrogen-bond donors (Lipinski definition) is 1. The number of rotatable bonds is 2. The lowest BCUT2D eigenvalue weighted by Crippen LogP contribution is -2.07. The van der Waals surface area contributed by atoms with Crippen LogP contribution >= 0.6 is 0 Å². The minimum absolute atomic E-state index is 0.0261. The molecule has 2 heterocycles. The second kappa shape index (κ2) is 7.96. The number of nitrogens with one attached hydrogen (secondary N) is 1. The lowest BCUT2D eigenvalue weighted by molar-refractivity contribution is 0.0941. The fourth-order valence-electron chi connectivity index (χ4n) is 3.91. The molecule has 0 saturated heterocycles. The van der Waals surface area contributed by atoms with E-state index in [-0.39, 0.29) is 5.91 Å². The highest BCUT2D eigenvalue weighted by Gasteiger charge is 2.09. The van der Waals surface area contributed by atoms with Crippen molar-refractivity contribution in [1.82, 2.24) is 9.55 Å². The molecule has 0 saturated carbocycles. The molecular formula is C28H22N2O. The molecule has 3 aromatic carbocycles. The van der Waals surface area contributed by atoms with Crippen LogP contribution in [0.4, 0.5) is 0 Å². The SMILES string of the molecule is CC(=O)n1cc2cc(-c3ccccc3)[nH]cc-2ccc2ccc(-c3ccccc3)cc21. The van der Waals surface area contributed by atoms with Crippen molar-refractivity contribution in [3.05, 3.63) is 109 Å². The maximum atomic E-state index is 12.7. The largest absolute Gasteiger partial charge is 0.361 e. The molecule has 3 nitrogen and oxygen atoms in total. The maximum Gasteiger partial charge on any atom is 0.227 e. The van der Waals surface area contributed by atoms with Gasteiger partial charge >= 0.3 is 0 Å². The zero-order valence-electron chi connectivity index (χ0n) is 17.2. The lowest BCUT2D eigenvalue weighted by atomic mass is 10.0. The Kier molecular flexibility index (Phi) is 4.85. The van der Waals surface area contributed by atoms with E-state index in [4.69, 9.17) is 0 Å². The summed E-state index contributed by atoms with van der Waals surface area (Å²) in [4.78, 5) is 16.1. The van der Waals surface area contributed by atoms with Crippen LogP contribution in [-0.2, 0) is 0 Å². The van der Waals surface area contributed by atoms with Gasteiger partial charge < -0.3 is 4.98 Å². The van der Waals surface area contributed by atoms with Crippen molar-refractivity contribution in [3.63, 3.8) is 0 Å². The second-order valence-corrected chi connectivity index (χ2v) is 7.61. The summed E-state index contributed by atoms with van der Waals surface area (Å²) in [6.45, 7) is 1.60. The minimum atomic E-state index is -0.0261. The lowest BCUT2D eigenvalue weighted by Gasteiger charge is -2.13. The summed E-state index contributed by atoms with van der Waals surface area (Å²) in [7, 11) is 0. The summed E-state index contributed by atoms with van der Waals surface area (Å²) in [5, 5.41) is 1.00. The van der Waals surface area contributed by atoms with Crippen molar-refractivity contribution < 1.29 is 4.79 Å². The first-order chi connectivity index (χ1) is 15.2. The molecule has 0 spiro atoms. The first kappa shape index (κ1) is 18.9. The van der Waals surface area contributed by atoms with Gasteiger partial charge in [0.05, 0.1) is 5.52 Å². The van der Waals surface area contributed by atoms with Crippen molar-refractivity contribution in [2.75, 3.05) is 0 Å². The van der Waals surface area contributed by atoms with E-state index in [0.717, 1.165) is 44.4 Å². The zero-order valence-corrected chi connectivity index (χ0v) is 17.2. The monoisotopic (exact) mass is 402 g/mol. The highest BCUT2D eigenvalue weighted by Crippen LogP contribution is 2.29. The third kappa shape index (κ3) is 3.74. The van der Waals surface area contributed by atoms with Crippen LogP contribution in [0.5, 0.6) is 0 Å². The molecular weight excluding hydrogens is 380 g/mol. The molecule has 0 unspecified atom stereocenters. The second-order valence-electron chi connectivity index (χ2n) is 7.61. The summed E-state index contributed by atoms with van der Waals surface area (Å²) in [6, 6.07) is 32.9. The molecule has 2 aliphatic heterocycles. The molecule has 0 fully saturated rings. The van der Waals surface area contributed by atoms with Gasteiger partial charge in [-0.25, -0.2) is 0 Å². The van der Waals surface area contributed by atoms with Crippen molar-refractivity contribution in [2.45, 2.75) is 6.92 Å². The molecule has 150 valence electrons. The van der Waals surface area contributed by atoms with Gasteiger partial charge in [0.2, 0.25) is 5.91 Å². The van der Waals surface area contributed by atoms with E-state index in [1.807, 2.05) is 48.8 Å². The topological polar surface area (TPSA) is 37.8 Å². The molecule has 3 heteroatoms. The first-order valence-corrected chi connectivity index (χ1v) is 10.3. The van der Waals surface area contributed by atoms with Crippen LogP contribution in [0.1, 0.15) is 11.7 Å². The van der Waals surface area contributed by atoms with E-state index in [1.54, 1.807) is 11.5 Å². The Bertz CT molecular complexity index is 1390. The fourth-order valence-corrected chi connectivity index (χ4v) is 3.91. The van der Waals surface area contributed by atoms with Gasteiger partial charge in [-0.15, -0.1) is 0 Å². The van der Waals surface area contributed by atoms with E-state index in [0.29, 0.717) is 0 Å². The van der Waals surface area contributed by atoms with Crippen LogP contribution in [0.25, 0.3) is 44.4 Å². The summed E-state index contributed by atoms with van der Waals surface area (Å²) >= 11 is 0. The summed E-state index contributed by atoms with van der Waals surface area (Å²) in [5.41, 5.74) is 7.21. The van der Waals surface area contributed by atoms with Crippen LogP contribution in [0.15, 0.2) is 109 Å². The van der Waals surface area contributed by atoms with Crippen LogP contribution in [-0.4, -0.2) is 15.5 Å². The zero-order chi connectivity index (χ0) is 21.2. The minimum Gasteiger partial charge on any atom is -0.361 e. The number of carbonyl (C=O) groups excluding carboxylic acids is 1. The average molecular weight is 402 g/mol. The molecule has 0 radical (unpaired) electrons. The van der Waals surface area contributed by atoms with E-state index < -0.39 is 0 Å². The van der Waals surface area contributed by atoms with Gasteiger partial charge in [-0.2, -0.15) is 0 Å². The third-order valence-corrected chi connectivity index (χ3v) is 5.55. The standard InChI is InChI=1S/C28H22N2O/c1-20(31)30-19-26-16-27(22-10-6-3-7-11-22)29-18-25(26)15-13-23-12-14-24(17-28(23)30)21-8-4-2-5-9-21/h2-19,29H,1H3. The van der Waals surface area contributed by atoms with Gasteiger partial charge in [0.25, 0.3) is 0 Å². The van der Waals surface area contributed by atoms with E-state index in [9.17, 15) is 4.79 Å². The first-order valence-electron chi connectivity index (χ1n) is 10.3. The van der Waals surface area contributed by atoms with Gasteiger partial charge in [-0.3, -0.25) is 9.36 Å². The Morgan fingerprint density at radius 1 is 0.677 bits per heavy atom. The smallest absolute Gasteiger partial charge is 0.227 e. The van der Waals surface area contributed by atoms with Gasteiger partial charge in [-0.05, 0) is 39.8 Å². The van der Waals surface area contributed by atoms with Gasteiger partial charge in [-0.1, -0.05) is 84.9 Å². The molecule has 0 aliphatic carbocycles. The van der Waals surface area contributed by atoms with Crippen LogP contribution in [0.2, 0.25) is 0 Å². The van der Waals surface area contributed by atoms with Gasteiger partial charge in [0.1, 0.15) is 0 Å². The van der Waals surface area contributed by atoms with Crippen LogP contribution < -0.4 is 0 Å². The quantitative estimate of drug-likeness (QED) is 0.333.